The lowest BCUT2D eigenvalue weighted by Gasteiger charge is -2.10. The van der Waals surface area contributed by atoms with Crippen LogP contribution in [0, 0.1) is 23.7 Å². The summed E-state index contributed by atoms with van der Waals surface area (Å²) in [6.45, 7) is 4.22. The number of hydrogen-bond acceptors (Lipinski definition) is 4. The van der Waals surface area contributed by atoms with Gasteiger partial charge in [0.05, 0.1) is 22.8 Å². The minimum atomic E-state index is -3.69. The number of sulfone groups is 1. The Morgan fingerprint density at radius 2 is 1.92 bits per heavy atom. The van der Waals surface area contributed by atoms with Gasteiger partial charge < -0.3 is 4.74 Å². The number of benzene rings is 2. The van der Waals surface area contributed by atoms with Crippen LogP contribution in [0.2, 0.25) is 5.02 Å². The number of nitriles is 1. The average molecular weight is 390 g/mol. The van der Waals surface area contributed by atoms with Crippen molar-refractivity contribution in [3.05, 3.63) is 64.7 Å². The fraction of sp³-hybridized carbons (Fsp3) is 0.350. The molecule has 0 saturated heterocycles. The Balaban J connectivity index is 2.07. The highest BCUT2D eigenvalue weighted by Gasteiger charge is 2.72. The molecule has 0 heterocycles. The lowest BCUT2D eigenvalue weighted by Crippen LogP contribution is -2.19. The molecule has 0 unspecified atom stereocenters. The number of rotatable bonds is 6. The summed E-state index contributed by atoms with van der Waals surface area (Å²) in [5.41, 5.74) is 0.621. The topological polar surface area (TPSA) is 67.2 Å². The maximum absolute atomic E-state index is 13.3. The number of ether oxygens (including phenoxy) is 1. The molecule has 2 aromatic rings. The summed E-state index contributed by atoms with van der Waals surface area (Å²) in [6, 6.07) is 16.0. The zero-order valence-electron chi connectivity index (χ0n) is 14.6. The van der Waals surface area contributed by atoms with Gasteiger partial charge in [-0.15, -0.1) is 0 Å². The first kappa shape index (κ1) is 18.9. The first-order chi connectivity index (χ1) is 12.4. The van der Waals surface area contributed by atoms with E-state index < -0.39 is 26.4 Å². The van der Waals surface area contributed by atoms with Crippen LogP contribution in [0.4, 0.5) is 0 Å². The van der Waals surface area contributed by atoms with E-state index in [1.165, 1.54) is 0 Å². The molecular weight excluding hydrogens is 370 g/mol. The maximum Gasteiger partial charge on any atom is 0.183 e. The normalized spacial score (nSPS) is 24.8. The van der Waals surface area contributed by atoms with Gasteiger partial charge in [0.2, 0.25) is 0 Å². The van der Waals surface area contributed by atoms with Crippen LogP contribution >= 0.6 is 11.6 Å². The van der Waals surface area contributed by atoms with Crippen LogP contribution < -0.4 is 0 Å². The van der Waals surface area contributed by atoms with Gasteiger partial charge >= 0.3 is 0 Å². The Bertz CT molecular complexity index is 950. The van der Waals surface area contributed by atoms with Gasteiger partial charge in [0.15, 0.2) is 9.84 Å². The quantitative estimate of drug-likeness (QED) is 0.744. The van der Waals surface area contributed by atoms with Gasteiger partial charge in [-0.05, 0) is 43.7 Å². The highest BCUT2D eigenvalue weighted by atomic mass is 35.5. The van der Waals surface area contributed by atoms with Crippen molar-refractivity contribution in [2.75, 3.05) is 13.2 Å². The molecular formula is C20H20ClNO3S. The van der Waals surface area contributed by atoms with Crippen molar-refractivity contribution in [2.24, 2.45) is 5.41 Å². The molecule has 0 amide bonds. The summed E-state index contributed by atoms with van der Waals surface area (Å²) in [6.07, 6.45) is 0. The van der Waals surface area contributed by atoms with Gasteiger partial charge in [-0.25, -0.2) is 8.42 Å². The van der Waals surface area contributed by atoms with Gasteiger partial charge in [0, 0.05) is 17.5 Å². The highest BCUT2D eigenvalue weighted by Crippen LogP contribution is 2.64. The molecule has 1 aliphatic carbocycles. The summed E-state index contributed by atoms with van der Waals surface area (Å²) in [5, 5.41) is 9.55. The Morgan fingerprint density at radius 1 is 1.23 bits per heavy atom. The van der Waals surface area contributed by atoms with E-state index in [4.69, 9.17) is 16.3 Å². The number of hydrogen-bond donors (Lipinski definition) is 0. The minimum Gasteiger partial charge on any atom is -0.380 e. The van der Waals surface area contributed by atoms with Crippen LogP contribution in [0.1, 0.15) is 24.0 Å². The molecule has 0 N–H and O–H groups in total. The second kappa shape index (κ2) is 7.03. The van der Waals surface area contributed by atoms with Crippen LogP contribution in [-0.2, 0) is 14.6 Å². The van der Waals surface area contributed by atoms with Gasteiger partial charge in [-0.2, -0.15) is 5.26 Å². The third-order valence-electron chi connectivity index (χ3n) is 4.90. The molecule has 2 aromatic carbocycles. The molecule has 1 fully saturated rings. The average Bonchev–Trinajstić information content (AvgIpc) is 3.31. The SMILES string of the molecule is CCOC[C@]1(C#N)[C@H](c2cccc(Cl)c2)[C@H]1S(=O)(=O)c1ccc(C)cc1. The molecule has 26 heavy (non-hydrogen) atoms. The van der Waals surface area contributed by atoms with Crippen molar-refractivity contribution >= 4 is 21.4 Å². The van der Waals surface area contributed by atoms with Crippen molar-refractivity contribution in [2.45, 2.75) is 29.9 Å². The molecule has 0 radical (unpaired) electrons. The summed E-state index contributed by atoms with van der Waals surface area (Å²) in [5.74, 6) is -0.468. The molecule has 3 rings (SSSR count). The molecule has 0 aliphatic heterocycles. The molecule has 1 aliphatic rings. The number of halogens is 1. The first-order valence-electron chi connectivity index (χ1n) is 8.42. The lowest BCUT2D eigenvalue weighted by molar-refractivity contribution is 0.117. The largest absolute Gasteiger partial charge is 0.380 e. The van der Waals surface area contributed by atoms with Crippen molar-refractivity contribution in [3.8, 4) is 6.07 Å². The smallest absolute Gasteiger partial charge is 0.183 e. The standard InChI is InChI=1S/C20H20ClNO3S/c1-3-25-13-20(12-22)18(15-5-4-6-16(21)11-15)19(20)26(23,24)17-9-7-14(2)8-10-17/h4-11,18-19H,3,13H2,1-2H3/t18-,19-,20-/m1/s1. The van der Waals surface area contributed by atoms with Crippen LogP contribution in [-0.4, -0.2) is 26.9 Å². The van der Waals surface area contributed by atoms with Crippen LogP contribution in [0.15, 0.2) is 53.4 Å². The van der Waals surface area contributed by atoms with Gasteiger partial charge in [0.25, 0.3) is 0 Å². The maximum atomic E-state index is 13.3. The van der Waals surface area contributed by atoms with Crippen LogP contribution in [0.3, 0.4) is 0 Å². The molecule has 0 bridgehead atoms. The highest BCUT2D eigenvalue weighted by molar-refractivity contribution is 7.92. The van der Waals surface area contributed by atoms with Gasteiger partial charge in [-0.3, -0.25) is 0 Å². The number of aryl methyl sites for hydroxylation is 1. The van der Waals surface area contributed by atoms with E-state index in [0.717, 1.165) is 11.1 Å². The Hall–Kier alpha value is -1.87. The summed E-state index contributed by atoms with van der Waals surface area (Å²) >= 11 is 6.09. The lowest BCUT2D eigenvalue weighted by atomic mass is 10.0. The Kier molecular flexibility index (Phi) is 5.12. The molecule has 1 saturated carbocycles. The second-order valence-electron chi connectivity index (χ2n) is 6.60. The Labute approximate surface area is 159 Å². The molecule has 4 nitrogen and oxygen atoms in total. The van der Waals surface area contributed by atoms with Gasteiger partial charge in [0.1, 0.15) is 5.41 Å². The Morgan fingerprint density at radius 3 is 2.50 bits per heavy atom. The minimum absolute atomic E-state index is 0.0763. The van der Waals surface area contributed by atoms with Crippen molar-refractivity contribution in [1.29, 1.82) is 5.26 Å². The molecule has 6 heteroatoms. The predicted octanol–water partition coefficient (Wildman–Crippen LogP) is 4.13. The van der Waals surface area contributed by atoms with E-state index in [1.807, 2.05) is 19.9 Å². The van der Waals surface area contributed by atoms with Crippen LogP contribution in [0.5, 0.6) is 0 Å². The van der Waals surface area contributed by atoms with E-state index in [9.17, 15) is 13.7 Å². The second-order valence-corrected chi connectivity index (χ2v) is 9.11. The first-order valence-corrected chi connectivity index (χ1v) is 10.3. The fourth-order valence-electron chi connectivity index (χ4n) is 3.52. The number of nitrogens with zero attached hydrogens (tertiary/aromatic N) is 1. The molecule has 0 spiro atoms. The summed E-state index contributed by atoms with van der Waals surface area (Å²) in [4.78, 5) is 0.230. The summed E-state index contributed by atoms with van der Waals surface area (Å²) in [7, 11) is -3.69. The fourth-order valence-corrected chi connectivity index (χ4v) is 6.02. The monoisotopic (exact) mass is 389 g/mol. The zero-order valence-corrected chi connectivity index (χ0v) is 16.2. The van der Waals surface area contributed by atoms with Crippen molar-refractivity contribution in [1.82, 2.24) is 0 Å². The van der Waals surface area contributed by atoms with E-state index in [2.05, 4.69) is 6.07 Å². The van der Waals surface area contributed by atoms with Crippen molar-refractivity contribution in [3.63, 3.8) is 0 Å². The van der Waals surface area contributed by atoms with E-state index in [-0.39, 0.29) is 11.5 Å². The third kappa shape index (κ3) is 3.14. The van der Waals surface area contributed by atoms with E-state index >= 15 is 0 Å². The van der Waals surface area contributed by atoms with Crippen molar-refractivity contribution < 1.29 is 13.2 Å². The third-order valence-corrected chi connectivity index (χ3v) is 7.43. The molecule has 3 atom stereocenters. The molecule has 0 aromatic heterocycles. The molecule has 136 valence electrons. The summed E-state index contributed by atoms with van der Waals surface area (Å²) < 4.78 is 32.0. The van der Waals surface area contributed by atoms with Gasteiger partial charge in [-0.1, -0.05) is 41.4 Å². The van der Waals surface area contributed by atoms with E-state index in [1.54, 1.807) is 42.5 Å². The van der Waals surface area contributed by atoms with Crippen LogP contribution in [0.25, 0.3) is 0 Å². The van der Waals surface area contributed by atoms with E-state index in [0.29, 0.717) is 11.6 Å². The predicted molar refractivity (Wildman–Crippen MR) is 101 cm³/mol. The zero-order chi connectivity index (χ0) is 18.9.